The molecule has 2 aliphatic carbocycles. The molecular formula is C18H26O3. The quantitative estimate of drug-likeness (QED) is 0.811. The highest BCUT2D eigenvalue weighted by atomic mass is 16.5. The molecule has 1 fully saturated rings. The molecule has 0 spiro atoms. The van der Waals surface area contributed by atoms with Gasteiger partial charge in [0.05, 0.1) is 12.5 Å². The van der Waals surface area contributed by atoms with Gasteiger partial charge in [0, 0.05) is 6.42 Å². The van der Waals surface area contributed by atoms with E-state index in [0.717, 1.165) is 12.8 Å². The van der Waals surface area contributed by atoms with Crippen LogP contribution in [0.1, 0.15) is 51.9 Å². The molecule has 5 atom stereocenters. The minimum absolute atomic E-state index is 0.0876. The number of cyclic esters (lactones) is 1. The first-order chi connectivity index (χ1) is 10.1. The van der Waals surface area contributed by atoms with Crippen LogP contribution in [-0.2, 0) is 9.53 Å². The van der Waals surface area contributed by atoms with Gasteiger partial charge in [-0.15, -0.1) is 0 Å². The van der Waals surface area contributed by atoms with Crippen LogP contribution in [-0.4, -0.2) is 23.3 Å². The highest BCUT2D eigenvalue weighted by Crippen LogP contribution is 2.42. The fourth-order valence-corrected chi connectivity index (χ4v) is 4.23. The number of fused-ring (bicyclic) bond motifs is 1. The van der Waals surface area contributed by atoms with Crippen molar-refractivity contribution in [1.29, 1.82) is 0 Å². The van der Waals surface area contributed by atoms with Gasteiger partial charge in [0.25, 0.3) is 0 Å². The van der Waals surface area contributed by atoms with E-state index in [1.165, 1.54) is 24.8 Å². The molecule has 3 aliphatic rings. The number of hydrogen-bond donors (Lipinski definition) is 1. The van der Waals surface area contributed by atoms with E-state index < -0.39 is 6.10 Å². The number of ether oxygens (including phenoxy) is 1. The number of aliphatic hydroxyl groups excluding tert-OH is 1. The van der Waals surface area contributed by atoms with Crippen molar-refractivity contribution in [3.05, 3.63) is 23.8 Å². The number of esters is 1. The standard InChI is InChI=1S/C18H26O3/c1-12-6-7-13-4-2-3-5-17(13)16(12)9-8-15-10-14(19)11-18(20)21-15/h4,6-7,12,14-17,19H,2-3,5,8-11H2,1H3/t12?,14?,15-,16?,17?/m1/s1. The van der Waals surface area contributed by atoms with Gasteiger partial charge in [-0.1, -0.05) is 25.2 Å². The van der Waals surface area contributed by atoms with Crippen LogP contribution >= 0.6 is 0 Å². The third-order valence-electron chi connectivity index (χ3n) is 5.37. The molecule has 116 valence electrons. The first-order valence-electron chi connectivity index (χ1n) is 8.39. The summed E-state index contributed by atoms with van der Waals surface area (Å²) in [5.41, 5.74) is 1.52. The summed E-state index contributed by atoms with van der Waals surface area (Å²) in [6.07, 6.45) is 13.0. The van der Waals surface area contributed by atoms with Crippen LogP contribution in [0.25, 0.3) is 0 Å². The molecule has 1 aliphatic heterocycles. The van der Waals surface area contributed by atoms with E-state index >= 15 is 0 Å². The van der Waals surface area contributed by atoms with Crippen molar-refractivity contribution in [2.75, 3.05) is 0 Å². The van der Waals surface area contributed by atoms with Gasteiger partial charge >= 0.3 is 5.97 Å². The summed E-state index contributed by atoms with van der Waals surface area (Å²) in [4.78, 5) is 11.4. The van der Waals surface area contributed by atoms with Gasteiger partial charge in [-0.05, 0) is 55.4 Å². The number of rotatable bonds is 3. The summed E-state index contributed by atoms with van der Waals surface area (Å²) < 4.78 is 5.39. The van der Waals surface area contributed by atoms with Crippen molar-refractivity contribution in [2.24, 2.45) is 17.8 Å². The molecular weight excluding hydrogens is 264 g/mol. The number of carbonyl (C=O) groups is 1. The second kappa shape index (κ2) is 6.35. The number of aliphatic hydroxyl groups is 1. The van der Waals surface area contributed by atoms with E-state index in [4.69, 9.17) is 4.74 Å². The van der Waals surface area contributed by atoms with E-state index in [9.17, 15) is 9.90 Å². The smallest absolute Gasteiger partial charge is 0.308 e. The highest BCUT2D eigenvalue weighted by molar-refractivity contribution is 5.70. The Morgan fingerprint density at radius 2 is 2.24 bits per heavy atom. The molecule has 0 aromatic carbocycles. The lowest BCUT2D eigenvalue weighted by molar-refractivity contribution is -0.160. The number of hydrogen-bond acceptors (Lipinski definition) is 3. The Morgan fingerprint density at radius 3 is 3.05 bits per heavy atom. The molecule has 1 N–H and O–H groups in total. The zero-order chi connectivity index (χ0) is 14.8. The summed E-state index contributed by atoms with van der Waals surface area (Å²) in [5, 5.41) is 9.71. The van der Waals surface area contributed by atoms with E-state index in [1.807, 2.05) is 0 Å². The van der Waals surface area contributed by atoms with Crippen molar-refractivity contribution >= 4 is 5.97 Å². The molecule has 0 aromatic rings. The highest BCUT2D eigenvalue weighted by Gasteiger charge is 2.33. The van der Waals surface area contributed by atoms with Crippen LogP contribution in [0.3, 0.4) is 0 Å². The first-order valence-corrected chi connectivity index (χ1v) is 8.39. The average Bonchev–Trinajstić information content (AvgIpc) is 2.45. The summed E-state index contributed by atoms with van der Waals surface area (Å²) in [6, 6.07) is 0. The minimum Gasteiger partial charge on any atom is -0.462 e. The molecule has 3 nitrogen and oxygen atoms in total. The van der Waals surface area contributed by atoms with Crippen molar-refractivity contribution < 1.29 is 14.6 Å². The van der Waals surface area contributed by atoms with Gasteiger partial charge in [-0.2, -0.15) is 0 Å². The Bertz CT molecular complexity index is 451. The van der Waals surface area contributed by atoms with Gasteiger partial charge in [0.15, 0.2) is 0 Å². The molecule has 3 rings (SSSR count). The van der Waals surface area contributed by atoms with E-state index in [1.54, 1.807) is 0 Å². The van der Waals surface area contributed by atoms with Gasteiger partial charge in [0.2, 0.25) is 0 Å². The normalized spacial score (nSPS) is 39.4. The zero-order valence-electron chi connectivity index (χ0n) is 12.8. The monoisotopic (exact) mass is 290 g/mol. The molecule has 1 saturated heterocycles. The Hall–Kier alpha value is -1.09. The molecule has 3 heteroatoms. The van der Waals surface area contributed by atoms with Crippen molar-refractivity contribution in [3.8, 4) is 0 Å². The van der Waals surface area contributed by atoms with Crippen LogP contribution in [0.2, 0.25) is 0 Å². The number of allylic oxidation sites excluding steroid dienone is 4. The van der Waals surface area contributed by atoms with Crippen molar-refractivity contribution in [1.82, 2.24) is 0 Å². The van der Waals surface area contributed by atoms with Crippen LogP contribution in [0.4, 0.5) is 0 Å². The van der Waals surface area contributed by atoms with Crippen molar-refractivity contribution in [3.63, 3.8) is 0 Å². The zero-order valence-corrected chi connectivity index (χ0v) is 12.8. The maximum Gasteiger partial charge on any atom is 0.308 e. The van der Waals surface area contributed by atoms with E-state index in [-0.39, 0.29) is 18.5 Å². The van der Waals surface area contributed by atoms with Crippen LogP contribution in [0, 0.1) is 17.8 Å². The van der Waals surface area contributed by atoms with Gasteiger partial charge in [-0.3, -0.25) is 4.79 Å². The fourth-order valence-electron chi connectivity index (χ4n) is 4.23. The molecule has 4 unspecified atom stereocenters. The summed E-state index contributed by atoms with van der Waals surface area (Å²) in [5.74, 6) is 1.69. The van der Waals surface area contributed by atoms with Crippen LogP contribution in [0.15, 0.2) is 23.8 Å². The summed E-state index contributed by atoms with van der Waals surface area (Å²) >= 11 is 0. The van der Waals surface area contributed by atoms with Crippen LogP contribution in [0.5, 0.6) is 0 Å². The van der Waals surface area contributed by atoms with E-state index in [2.05, 4.69) is 25.2 Å². The second-order valence-corrected chi connectivity index (χ2v) is 6.91. The third-order valence-corrected chi connectivity index (χ3v) is 5.37. The van der Waals surface area contributed by atoms with Crippen LogP contribution < -0.4 is 0 Å². The lowest BCUT2D eigenvalue weighted by Crippen LogP contribution is -2.34. The maximum atomic E-state index is 11.4. The number of carbonyl (C=O) groups excluding carboxylic acids is 1. The SMILES string of the molecule is CC1C=CC2=CCCCC2C1CC[C@@H]1CC(O)CC(=O)O1. The molecule has 0 saturated carbocycles. The Kier molecular flexibility index (Phi) is 4.48. The molecule has 21 heavy (non-hydrogen) atoms. The Labute approximate surface area is 127 Å². The lowest BCUT2D eigenvalue weighted by Gasteiger charge is -2.38. The van der Waals surface area contributed by atoms with E-state index in [0.29, 0.717) is 24.2 Å². The molecule has 1 heterocycles. The summed E-state index contributed by atoms with van der Waals surface area (Å²) in [6.45, 7) is 2.30. The Balaban J connectivity index is 1.61. The summed E-state index contributed by atoms with van der Waals surface area (Å²) in [7, 11) is 0. The third kappa shape index (κ3) is 3.39. The first kappa shape index (κ1) is 14.8. The average molecular weight is 290 g/mol. The van der Waals surface area contributed by atoms with Crippen molar-refractivity contribution in [2.45, 2.75) is 64.1 Å². The molecule has 0 bridgehead atoms. The molecule has 0 amide bonds. The fraction of sp³-hybridized carbons (Fsp3) is 0.722. The van der Waals surface area contributed by atoms with Gasteiger partial charge in [-0.25, -0.2) is 0 Å². The predicted octanol–water partition coefficient (Wildman–Crippen LogP) is 3.38. The minimum atomic E-state index is -0.509. The molecule has 0 radical (unpaired) electrons. The van der Waals surface area contributed by atoms with Gasteiger partial charge < -0.3 is 9.84 Å². The largest absolute Gasteiger partial charge is 0.462 e. The van der Waals surface area contributed by atoms with Gasteiger partial charge in [0.1, 0.15) is 6.10 Å². The second-order valence-electron chi connectivity index (χ2n) is 6.91. The molecule has 0 aromatic heterocycles. The lowest BCUT2D eigenvalue weighted by atomic mass is 9.68. The topological polar surface area (TPSA) is 46.5 Å². The predicted molar refractivity (Wildman–Crippen MR) is 81.6 cm³/mol. The Morgan fingerprint density at radius 1 is 1.38 bits per heavy atom. The maximum absolute atomic E-state index is 11.4.